The number of hydrogen-bond acceptors (Lipinski definition) is 6. The summed E-state index contributed by atoms with van der Waals surface area (Å²) in [7, 11) is -5.91. The summed E-state index contributed by atoms with van der Waals surface area (Å²) in [5.74, 6) is -1.39. The molecule has 2 aromatic rings. The number of benzene rings is 2. The molecule has 1 fully saturated rings. The summed E-state index contributed by atoms with van der Waals surface area (Å²) in [6.45, 7) is 2.82. The molecule has 0 radical (unpaired) electrons. The van der Waals surface area contributed by atoms with Crippen LogP contribution in [0.2, 0.25) is 0 Å². The van der Waals surface area contributed by atoms with Gasteiger partial charge in [-0.15, -0.1) is 0 Å². The Kier molecular flexibility index (Phi) is 6.28. The van der Waals surface area contributed by atoms with Gasteiger partial charge >= 0.3 is 21.8 Å². The van der Waals surface area contributed by atoms with Gasteiger partial charge in [0, 0.05) is 5.69 Å². The molecule has 0 aliphatic carbocycles. The molecule has 1 amide bonds. The smallest absolute Gasteiger partial charge is 0.376 e. The molecule has 0 bridgehead atoms. The van der Waals surface area contributed by atoms with Crippen LogP contribution >= 0.6 is 12.2 Å². The molecular formula is C20H13F6N3O4S2. The zero-order valence-electron chi connectivity index (χ0n) is 17.6. The van der Waals surface area contributed by atoms with E-state index in [9.17, 15) is 39.6 Å². The largest absolute Gasteiger partial charge is 0.534 e. The molecule has 0 atom stereocenters. The van der Waals surface area contributed by atoms with E-state index in [4.69, 9.17) is 17.5 Å². The monoisotopic (exact) mass is 537 g/mol. The van der Waals surface area contributed by atoms with Crippen molar-refractivity contribution in [2.45, 2.75) is 31.1 Å². The number of anilines is 2. The van der Waals surface area contributed by atoms with Crippen molar-refractivity contribution in [3.8, 4) is 11.8 Å². The van der Waals surface area contributed by atoms with Crippen molar-refractivity contribution in [3.05, 3.63) is 53.6 Å². The van der Waals surface area contributed by atoms with E-state index in [0.717, 1.165) is 41.3 Å². The first-order valence-corrected chi connectivity index (χ1v) is 11.1. The fourth-order valence-electron chi connectivity index (χ4n) is 3.28. The SMILES string of the molecule is CC1(C)C(=O)N(c2ccc(C#N)c(C(F)(F)F)c2)C(=S)N1c1ccc(OS(=O)(=O)C(F)(F)F)cc1. The quantitative estimate of drug-likeness (QED) is 0.241. The first-order valence-electron chi connectivity index (χ1n) is 9.33. The zero-order valence-corrected chi connectivity index (χ0v) is 19.2. The molecule has 35 heavy (non-hydrogen) atoms. The molecule has 0 unspecified atom stereocenters. The predicted molar refractivity (Wildman–Crippen MR) is 115 cm³/mol. The minimum absolute atomic E-state index is 0.122. The van der Waals surface area contributed by atoms with Gasteiger partial charge < -0.3 is 9.08 Å². The third-order valence-electron chi connectivity index (χ3n) is 4.94. The van der Waals surface area contributed by atoms with Crippen LogP contribution in [-0.2, 0) is 21.1 Å². The first-order chi connectivity index (χ1) is 15.9. The van der Waals surface area contributed by atoms with Crippen LogP contribution in [0.5, 0.6) is 5.75 Å². The molecule has 0 saturated carbocycles. The zero-order chi connectivity index (χ0) is 26.6. The molecule has 1 heterocycles. The van der Waals surface area contributed by atoms with E-state index < -0.39 is 50.1 Å². The van der Waals surface area contributed by atoms with E-state index in [1.807, 2.05) is 0 Å². The minimum atomic E-state index is -5.91. The number of halogens is 6. The van der Waals surface area contributed by atoms with Crippen LogP contribution in [0.25, 0.3) is 0 Å². The van der Waals surface area contributed by atoms with E-state index in [1.54, 1.807) is 0 Å². The molecule has 1 saturated heterocycles. The Hall–Kier alpha value is -3.38. The number of nitriles is 1. The standard InChI is InChI=1S/C20H13F6N3O4S2/c1-18(2)16(30)28(13-4-3-11(10-27)15(9-13)19(21,22)23)17(34)29(18)12-5-7-14(8-6-12)33-35(31,32)20(24,25)26/h3-9H,1-2H3. The maximum atomic E-state index is 13.4. The Morgan fingerprint density at radius 3 is 2.03 bits per heavy atom. The van der Waals surface area contributed by atoms with Gasteiger partial charge in [-0.1, -0.05) is 0 Å². The third-order valence-corrected chi connectivity index (χ3v) is 6.28. The van der Waals surface area contributed by atoms with Crippen molar-refractivity contribution in [2.24, 2.45) is 0 Å². The van der Waals surface area contributed by atoms with Crippen molar-refractivity contribution in [1.29, 1.82) is 5.26 Å². The second-order valence-electron chi connectivity index (χ2n) is 7.63. The first kappa shape index (κ1) is 26.2. The topological polar surface area (TPSA) is 90.7 Å². The second-order valence-corrected chi connectivity index (χ2v) is 9.54. The van der Waals surface area contributed by atoms with Gasteiger partial charge in [-0.25, -0.2) is 0 Å². The summed E-state index contributed by atoms with van der Waals surface area (Å²) in [5.41, 5.74) is -9.15. The van der Waals surface area contributed by atoms with Gasteiger partial charge in [0.2, 0.25) is 0 Å². The number of thiocarbonyl (C=S) groups is 1. The van der Waals surface area contributed by atoms with Crippen molar-refractivity contribution in [1.82, 2.24) is 0 Å². The van der Waals surface area contributed by atoms with Crippen molar-refractivity contribution < 1.29 is 43.7 Å². The average molecular weight is 537 g/mol. The molecule has 1 aliphatic heterocycles. The second kappa shape index (κ2) is 8.38. The van der Waals surface area contributed by atoms with Crippen LogP contribution in [-0.4, -0.2) is 30.5 Å². The van der Waals surface area contributed by atoms with Crippen LogP contribution in [0, 0.1) is 11.3 Å². The lowest BCUT2D eigenvalue weighted by Gasteiger charge is -2.29. The van der Waals surface area contributed by atoms with Crippen LogP contribution in [0.4, 0.5) is 37.7 Å². The van der Waals surface area contributed by atoms with E-state index in [0.29, 0.717) is 6.07 Å². The van der Waals surface area contributed by atoms with Gasteiger partial charge in [-0.2, -0.15) is 40.0 Å². The summed E-state index contributed by atoms with van der Waals surface area (Å²) < 4.78 is 104. The molecule has 0 N–H and O–H groups in total. The van der Waals surface area contributed by atoms with Gasteiger partial charge in [0.15, 0.2) is 5.11 Å². The number of hydrogen-bond donors (Lipinski definition) is 0. The average Bonchev–Trinajstić information content (AvgIpc) is 2.90. The highest BCUT2D eigenvalue weighted by Crippen LogP contribution is 2.40. The lowest BCUT2D eigenvalue weighted by molar-refractivity contribution is -0.137. The number of carbonyl (C=O) groups is 1. The lowest BCUT2D eigenvalue weighted by atomic mass is 10.0. The molecule has 0 aromatic heterocycles. The lowest BCUT2D eigenvalue weighted by Crippen LogP contribution is -2.44. The summed E-state index contributed by atoms with van der Waals surface area (Å²) in [6.07, 6.45) is -4.88. The van der Waals surface area contributed by atoms with Gasteiger partial charge in [-0.05, 0) is 68.5 Å². The third kappa shape index (κ3) is 4.63. The highest BCUT2D eigenvalue weighted by atomic mass is 32.2. The number of carbonyl (C=O) groups excluding carboxylic acids is 1. The van der Waals surface area contributed by atoms with Crippen LogP contribution in [0.1, 0.15) is 25.0 Å². The van der Waals surface area contributed by atoms with Crippen molar-refractivity contribution >= 4 is 44.7 Å². The van der Waals surface area contributed by atoms with E-state index >= 15 is 0 Å². The summed E-state index contributed by atoms with van der Waals surface area (Å²) in [4.78, 5) is 15.2. The van der Waals surface area contributed by atoms with Crippen molar-refractivity contribution in [2.75, 3.05) is 9.80 Å². The highest BCUT2D eigenvalue weighted by Gasteiger charge is 2.51. The Labute approximate surface area is 200 Å². The van der Waals surface area contributed by atoms with Crippen LogP contribution in [0.3, 0.4) is 0 Å². The van der Waals surface area contributed by atoms with Gasteiger partial charge in [0.25, 0.3) is 5.91 Å². The Bertz CT molecular complexity index is 1350. The van der Waals surface area contributed by atoms with Crippen LogP contribution in [0.15, 0.2) is 42.5 Å². The number of alkyl halides is 6. The molecule has 186 valence electrons. The molecular weight excluding hydrogens is 524 g/mol. The molecule has 2 aromatic carbocycles. The van der Waals surface area contributed by atoms with Gasteiger partial charge in [-0.3, -0.25) is 9.69 Å². The predicted octanol–water partition coefficient (Wildman–Crippen LogP) is 4.72. The fraction of sp³-hybridized carbons (Fsp3) is 0.250. The van der Waals surface area contributed by atoms with Gasteiger partial charge in [0.05, 0.1) is 22.9 Å². The van der Waals surface area contributed by atoms with E-state index in [-0.39, 0.29) is 16.5 Å². The summed E-state index contributed by atoms with van der Waals surface area (Å²) in [5, 5.41) is 8.72. The van der Waals surface area contributed by atoms with E-state index in [1.165, 1.54) is 24.8 Å². The van der Waals surface area contributed by atoms with Gasteiger partial charge in [0.1, 0.15) is 11.3 Å². The maximum Gasteiger partial charge on any atom is 0.534 e. The molecule has 1 aliphatic rings. The number of nitrogens with zero attached hydrogens (tertiary/aromatic N) is 3. The molecule has 15 heteroatoms. The molecule has 7 nitrogen and oxygen atoms in total. The van der Waals surface area contributed by atoms with Crippen LogP contribution < -0.4 is 14.0 Å². The van der Waals surface area contributed by atoms with E-state index in [2.05, 4.69) is 4.18 Å². The highest BCUT2D eigenvalue weighted by molar-refractivity contribution is 7.88. The normalized spacial score (nSPS) is 16.4. The molecule has 3 rings (SSSR count). The summed E-state index contributed by atoms with van der Waals surface area (Å²) in [6, 6.07) is 8.12. The number of amides is 1. The fourth-order valence-corrected chi connectivity index (χ4v) is 4.27. The van der Waals surface area contributed by atoms with Crippen molar-refractivity contribution in [3.63, 3.8) is 0 Å². The number of rotatable bonds is 4. The Morgan fingerprint density at radius 1 is 1.00 bits per heavy atom. The minimum Gasteiger partial charge on any atom is -0.376 e. The maximum absolute atomic E-state index is 13.4. The summed E-state index contributed by atoms with van der Waals surface area (Å²) >= 11 is 5.33. The Morgan fingerprint density at radius 2 is 1.54 bits per heavy atom. The molecule has 0 spiro atoms. The Balaban J connectivity index is 1.99.